The van der Waals surface area contributed by atoms with Crippen LogP contribution in [0.1, 0.15) is 312 Å². The lowest BCUT2D eigenvalue weighted by molar-refractivity contribution is -0.161. The number of rotatable bonds is 64. The largest absolute Gasteiger partial charge is 0.472 e. The fourth-order valence-electron chi connectivity index (χ4n) is 9.65. The summed E-state index contributed by atoms with van der Waals surface area (Å²) in [5.41, 5.74) is 0. The van der Waals surface area contributed by atoms with Crippen LogP contribution in [-0.2, 0) is 65.4 Å². The Morgan fingerprint density at radius 1 is 0.356 bits per heavy atom. The van der Waals surface area contributed by atoms with Crippen LogP contribution in [0.5, 0.6) is 0 Å². The zero-order chi connectivity index (χ0) is 64.5. The zero-order valence-electron chi connectivity index (χ0n) is 56.0. The number of allylic oxidation sites excluding steroid dienone is 4. The van der Waals surface area contributed by atoms with E-state index in [2.05, 4.69) is 72.8 Å². The van der Waals surface area contributed by atoms with Crippen molar-refractivity contribution in [1.82, 2.24) is 0 Å². The van der Waals surface area contributed by atoms with Gasteiger partial charge < -0.3 is 33.8 Å². The van der Waals surface area contributed by atoms with Crippen LogP contribution in [0, 0.1) is 17.8 Å². The second-order valence-electron chi connectivity index (χ2n) is 25.3. The monoisotopic (exact) mass is 1280 g/mol. The number of carbonyl (C=O) groups is 4. The van der Waals surface area contributed by atoms with Gasteiger partial charge in [0.1, 0.15) is 19.3 Å². The Morgan fingerprint density at radius 2 is 0.621 bits per heavy atom. The van der Waals surface area contributed by atoms with Crippen molar-refractivity contribution in [3.05, 3.63) is 24.3 Å². The molecule has 0 bridgehead atoms. The first-order valence-corrected chi connectivity index (χ1v) is 37.7. The third-order valence-electron chi connectivity index (χ3n) is 15.0. The second kappa shape index (κ2) is 58.6. The van der Waals surface area contributed by atoms with Crippen molar-refractivity contribution in [1.29, 1.82) is 0 Å². The number of phosphoric acid groups is 2. The molecule has 0 spiro atoms. The van der Waals surface area contributed by atoms with Gasteiger partial charge in [-0.05, 0) is 69.1 Å². The summed E-state index contributed by atoms with van der Waals surface area (Å²) in [5.74, 6) is -0.0330. The maximum absolute atomic E-state index is 13.0. The number of phosphoric ester groups is 2. The SMILES string of the molecule is CCCCCC/C=C\C=C/CCCCCCCC(=O)OC[C@H](COP(=O)(O)OCC(O)COP(=O)(O)OC[C@@H](COC(=O)CCCCCCCCCC(C)C)OC(=O)CCCCCCCCCC(C)C)OC(=O)CCCCCCCCCCCC(C)C. The van der Waals surface area contributed by atoms with E-state index in [1.54, 1.807) is 0 Å². The molecule has 3 unspecified atom stereocenters. The molecule has 0 saturated carbocycles. The van der Waals surface area contributed by atoms with E-state index in [1.807, 2.05) is 0 Å². The average molecular weight is 1280 g/mol. The molecule has 19 heteroatoms. The lowest BCUT2D eigenvalue weighted by atomic mass is 10.0. The standard InChI is InChI=1S/C68H128O17P2/c1-8-9-10-11-12-13-14-15-16-17-18-21-28-35-42-49-65(70)78-55-63(84-67(72)51-44-37-29-22-19-20-25-32-39-46-59(2)3)57-82-86(74,75)80-53-62(69)54-81-87(76,77)83-58-64(85-68(73)52-45-38-31-24-27-34-41-48-61(6)7)56-79-66(71)50-43-36-30-23-26-33-40-47-60(4)5/h13-16,59-64,69H,8-12,17-58H2,1-7H3,(H,74,75)(H,76,77)/b14-13-,16-15-/t62?,63-,64-/m1/s1. The molecule has 0 saturated heterocycles. The molecule has 17 nitrogen and oxygen atoms in total. The molecule has 5 atom stereocenters. The molecular formula is C68H128O17P2. The Kier molecular flexibility index (Phi) is 57.0. The number of carbonyl (C=O) groups excluding carboxylic acids is 4. The number of aliphatic hydroxyl groups excluding tert-OH is 1. The Morgan fingerprint density at radius 3 is 0.931 bits per heavy atom. The zero-order valence-corrected chi connectivity index (χ0v) is 57.7. The number of ether oxygens (including phenoxy) is 4. The number of unbranched alkanes of at least 4 members (excludes halogenated alkanes) is 29. The van der Waals surface area contributed by atoms with E-state index in [0.29, 0.717) is 37.5 Å². The topological polar surface area (TPSA) is 237 Å². The number of esters is 4. The van der Waals surface area contributed by atoms with Crippen molar-refractivity contribution in [2.45, 2.75) is 330 Å². The Bertz CT molecular complexity index is 1810. The van der Waals surface area contributed by atoms with E-state index >= 15 is 0 Å². The highest BCUT2D eigenvalue weighted by atomic mass is 31.2. The minimum atomic E-state index is -4.96. The molecule has 0 radical (unpaired) electrons. The van der Waals surface area contributed by atoms with Gasteiger partial charge in [0.2, 0.25) is 0 Å². The molecule has 0 aliphatic rings. The van der Waals surface area contributed by atoms with Gasteiger partial charge in [-0.15, -0.1) is 0 Å². The first kappa shape index (κ1) is 84.5. The molecule has 0 aliphatic carbocycles. The van der Waals surface area contributed by atoms with E-state index in [0.717, 1.165) is 121 Å². The summed E-state index contributed by atoms with van der Waals surface area (Å²) < 4.78 is 68.1. The molecule has 0 aromatic carbocycles. The van der Waals surface area contributed by atoms with Gasteiger partial charge in [-0.25, -0.2) is 9.13 Å². The highest BCUT2D eigenvalue weighted by Gasteiger charge is 2.30. The lowest BCUT2D eigenvalue weighted by Gasteiger charge is -2.21. The molecule has 0 aliphatic heterocycles. The summed E-state index contributed by atoms with van der Waals surface area (Å²) in [6, 6.07) is 0. The van der Waals surface area contributed by atoms with Gasteiger partial charge in [-0.2, -0.15) is 0 Å². The summed E-state index contributed by atoms with van der Waals surface area (Å²) in [7, 11) is -9.91. The van der Waals surface area contributed by atoms with Crippen LogP contribution in [0.15, 0.2) is 24.3 Å². The van der Waals surface area contributed by atoms with Crippen molar-refractivity contribution in [3.8, 4) is 0 Å². The maximum atomic E-state index is 13.0. The molecule has 0 fully saturated rings. The highest BCUT2D eigenvalue weighted by Crippen LogP contribution is 2.45. The van der Waals surface area contributed by atoms with Crippen molar-refractivity contribution < 1.29 is 80.2 Å². The van der Waals surface area contributed by atoms with Crippen molar-refractivity contribution in [2.24, 2.45) is 17.8 Å². The normalized spacial score (nSPS) is 14.4. The predicted octanol–water partition coefficient (Wildman–Crippen LogP) is 18.6. The van der Waals surface area contributed by atoms with Crippen LogP contribution in [0.25, 0.3) is 0 Å². The molecule has 0 aromatic rings. The minimum Gasteiger partial charge on any atom is -0.462 e. The summed E-state index contributed by atoms with van der Waals surface area (Å²) in [6.07, 6.45) is 44.1. The van der Waals surface area contributed by atoms with Crippen LogP contribution < -0.4 is 0 Å². The van der Waals surface area contributed by atoms with Crippen LogP contribution in [0.4, 0.5) is 0 Å². The van der Waals surface area contributed by atoms with Gasteiger partial charge in [0.25, 0.3) is 0 Å². The van der Waals surface area contributed by atoms with E-state index in [9.17, 15) is 43.2 Å². The van der Waals surface area contributed by atoms with E-state index < -0.39 is 97.5 Å². The van der Waals surface area contributed by atoms with Crippen LogP contribution >= 0.6 is 15.6 Å². The predicted molar refractivity (Wildman–Crippen MR) is 349 cm³/mol. The maximum Gasteiger partial charge on any atom is 0.472 e. The number of aliphatic hydroxyl groups is 1. The van der Waals surface area contributed by atoms with Crippen molar-refractivity contribution in [3.63, 3.8) is 0 Å². The summed E-state index contributed by atoms with van der Waals surface area (Å²) in [5, 5.41) is 10.6. The van der Waals surface area contributed by atoms with Gasteiger partial charge >= 0.3 is 39.5 Å². The lowest BCUT2D eigenvalue weighted by Crippen LogP contribution is -2.30. The molecule has 87 heavy (non-hydrogen) atoms. The van der Waals surface area contributed by atoms with Crippen molar-refractivity contribution >= 4 is 39.5 Å². The summed E-state index contributed by atoms with van der Waals surface area (Å²) in [4.78, 5) is 72.4. The summed E-state index contributed by atoms with van der Waals surface area (Å²) in [6.45, 7) is 11.6. The minimum absolute atomic E-state index is 0.0977. The van der Waals surface area contributed by atoms with Crippen LogP contribution in [0.2, 0.25) is 0 Å². The first-order valence-electron chi connectivity index (χ1n) is 34.7. The fraction of sp³-hybridized carbons (Fsp3) is 0.882. The molecule has 0 rings (SSSR count). The third-order valence-corrected chi connectivity index (χ3v) is 16.9. The Labute approximate surface area is 529 Å². The van der Waals surface area contributed by atoms with Gasteiger partial charge in [0.05, 0.1) is 26.4 Å². The second-order valence-corrected chi connectivity index (χ2v) is 28.2. The first-order chi connectivity index (χ1) is 41.7. The number of hydrogen-bond donors (Lipinski definition) is 3. The number of hydrogen-bond acceptors (Lipinski definition) is 15. The summed E-state index contributed by atoms with van der Waals surface area (Å²) >= 11 is 0. The Balaban J connectivity index is 5.28. The van der Waals surface area contributed by atoms with E-state index in [1.165, 1.54) is 96.3 Å². The van der Waals surface area contributed by atoms with Crippen LogP contribution in [-0.4, -0.2) is 96.7 Å². The molecule has 0 amide bonds. The molecular weight excluding hydrogens is 1150 g/mol. The molecule has 0 heterocycles. The van der Waals surface area contributed by atoms with E-state index in [4.69, 9.17) is 37.0 Å². The quantitative estimate of drug-likeness (QED) is 0.0169. The van der Waals surface area contributed by atoms with Crippen LogP contribution in [0.3, 0.4) is 0 Å². The van der Waals surface area contributed by atoms with Gasteiger partial charge in [0.15, 0.2) is 12.2 Å². The molecule has 512 valence electrons. The van der Waals surface area contributed by atoms with Gasteiger partial charge in [-0.1, -0.05) is 259 Å². The Hall–Kier alpha value is -2.46. The third kappa shape index (κ3) is 62.1. The van der Waals surface area contributed by atoms with E-state index in [-0.39, 0.29) is 25.7 Å². The average Bonchev–Trinajstić information content (AvgIpc) is 3.69. The van der Waals surface area contributed by atoms with Gasteiger partial charge in [0, 0.05) is 25.7 Å². The van der Waals surface area contributed by atoms with Gasteiger partial charge in [-0.3, -0.25) is 37.3 Å². The fourth-order valence-corrected chi connectivity index (χ4v) is 11.2. The smallest absolute Gasteiger partial charge is 0.462 e. The molecule has 0 aromatic heterocycles. The molecule has 3 N–H and O–H groups in total. The highest BCUT2D eigenvalue weighted by molar-refractivity contribution is 7.47. The van der Waals surface area contributed by atoms with Crippen molar-refractivity contribution in [2.75, 3.05) is 39.6 Å².